The number of carbonyl (C=O) groups is 1. The van der Waals surface area contributed by atoms with E-state index in [-0.39, 0.29) is 12.5 Å². The Morgan fingerprint density at radius 1 is 1.26 bits per heavy atom. The summed E-state index contributed by atoms with van der Waals surface area (Å²) in [7, 11) is 0. The molecule has 1 heterocycles. The number of pyridine rings is 1. The second kappa shape index (κ2) is 5.03. The van der Waals surface area contributed by atoms with Crippen LogP contribution in [-0.2, 0) is 12.7 Å². The van der Waals surface area contributed by atoms with E-state index in [4.69, 9.17) is 5.73 Å². The van der Waals surface area contributed by atoms with E-state index in [0.717, 1.165) is 0 Å². The van der Waals surface area contributed by atoms with Crippen molar-refractivity contribution in [2.24, 2.45) is 5.73 Å². The van der Waals surface area contributed by atoms with Gasteiger partial charge in [-0.2, -0.15) is 13.2 Å². The van der Waals surface area contributed by atoms with Crippen molar-refractivity contribution >= 4 is 6.29 Å². The molecule has 1 aromatic heterocycles. The lowest BCUT2D eigenvalue weighted by Crippen LogP contribution is -2.23. The summed E-state index contributed by atoms with van der Waals surface area (Å²) in [5.41, 5.74) is 1.71. The first kappa shape index (κ1) is 15.2. The monoisotopic (exact) mass is 288 g/mol. The Balaban J connectivity index is 3.52. The number of aldehydes is 1. The molecule has 19 heavy (non-hydrogen) atoms. The summed E-state index contributed by atoms with van der Waals surface area (Å²) in [4.78, 5) is 13.7. The van der Waals surface area contributed by atoms with Crippen molar-refractivity contribution in [1.29, 1.82) is 0 Å². The van der Waals surface area contributed by atoms with E-state index in [0.29, 0.717) is 0 Å². The molecule has 0 aliphatic carbocycles. The predicted molar refractivity (Wildman–Crippen MR) is 49.2 cm³/mol. The number of nitrogens with zero attached hydrogens (tertiary/aromatic N) is 1. The van der Waals surface area contributed by atoms with Crippen LogP contribution in [0.4, 0.5) is 26.3 Å². The molecule has 2 N–H and O–H groups in total. The van der Waals surface area contributed by atoms with Crippen LogP contribution in [0.15, 0.2) is 6.20 Å². The van der Waals surface area contributed by atoms with Crippen molar-refractivity contribution in [2.75, 3.05) is 0 Å². The normalized spacial score (nSPS) is 12.4. The zero-order valence-corrected chi connectivity index (χ0v) is 8.97. The molecule has 1 aromatic rings. The highest BCUT2D eigenvalue weighted by molar-refractivity contribution is 5.75. The third-order valence-electron chi connectivity index (χ3n) is 2.00. The van der Waals surface area contributed by atoms with E-state index in [2.05, 4.69) is 9.72 Å². The maximum absolute atomic E-state index is 12.7. The SMILES string of the molecule is NCc1c(C=O)ncc(OC(F)(F)F)c1C(F)(F)F. The average molecular weight is 288 g/mol. The lowest BCUT2D eigenvalue weighted by atomic mass is 10.1. The van der Waals surface area contributed by atoms with Crippen LogP contribution in [0.5, 0.6) is 5.75 Å². The second-order valence-electron chi connectivity index (χ2n) is 3.23. The first-order chi connectivity index (χ1) is 8.60. The molecule has 0 fully saturated rings. The molecular weight excluding hydrogens is 282 g/mol. The fourth-order valence-electron chi connectivity index (χ4n) is 1.37. The maximum Gasteiger partial charge on any atom is 0.573 e. The molecule has 0 spiro atoms. The predicted octanol–water partition coefficient (Wildman–Crippen LogP) is 2.27. The molecule has 1 rings (SSSR count). The minimum Gasteiger partial charge on any atom is -0.403 e. The van der Waals surface area contributed by atoms with Crippen LogP contribution in [0.3, 0.4) is 0 Å². The summed E-state index contributed by atoms with van der Waals surface area (Å²) < 4.78 is 77.5. The molecule has 0 aromatic carbocycles. The first-order valence-corrected chi connectivity index (χ1v) is 4.60. The molecule has 0 amide bonds. The lowest BCUT2D eigenvalue weighted by molar-refractivity contribution is -0.276. The van der Waals surface area contributed by atoms with Crippen molar-refractivity contribution in [3.63, 3.8) is 0 Å². The number of hydrogen-bond acceptors (Lipinski definition) is 4. The van der Waals surface area contributed by atoms with Crippen LogP contribution < -0.4 is 10.5 Å². The van der Waals surface area contributed by atoms with Gasteiger partial charge in [0.15, 0.2) is 12.0 Å². The zero-order chi connectivity index (χ0) is 14.8. The van der Waals surface area contributed by atoms with Gasteiger partial charge in [0.25, 0.3) is 0 Å². The van der Waals surface area contributed by atoms with Gasteiger partial charge in [0.1, 0.15) is 11.3 Å². The largest absolute Gasteiger partial charge is 0.573 e. The standard InChI is InChI=1S/C9H6F6N2O2/c10-8(11,12)7-4(1-16)5(3-18)17-2-6(7)19-9(13,14)15/h2-3H,1,16H2. The summed E-state index contributed by atoms with van der Waals surface area (Å²) in [6.45, 7) is -0.815. The number of carbonyl (C=O) groups excluding carboxylic acids is 1. The Morgan fingerprint density at radius 2 is 1.84 bits per heavy atom. The highest BCUT2D eigenvalue weighted by Crippen LogP contribution is 2.40. The van der Waals surface area contributed by atoms with Crippen LogP contribution >= 0.6 is 0 Å². The summed E-state index contributed by atoms with van der Waals surface area (Å²) >= 11 is 0. The van der Waals surface area contributed by atoms with E-state index in [1.54, 1.807) is 0 Å². The Labute approximate surface area is 102 Å². The molecule has 106 valence electrons. The minimum atomic E-state index is -5.32. The fraction of sp³-hybridized carbons (Fsp3) is 0.333. The number of ether oxygens (including phenoxy) is 1. The molecule has 4 nitrogen and oxygen atoms in total. The molecule has 0 atom stereocenters. The molecule has 0 aliphatic heterocycles. The van der Waals surface area contributed by atoms with Gasteiger partial charge in [-0.15, -0.1) is 13.2 Å². The fourth-order valence-corrected chi connectivity index (χ4v) is 1.37. The minimum absolute atomic E-state index is 0.0329. The van der Waals surface area contributed by atoms with E-state index in [1.807, 2.05) is 0 Å². The second-order valence-corrected chi connectivity index (χ2v) is 3.23. The van der Waals surface area contributed by atoms with Crippen LogP contribution in [-0.4, -0.2) is 17.6 Å². The highest BCUT2D eigenvalue weighted by atomic mass is 19.4. The molecular formula is C9H6F6N2O2. The smallest absolute Gasteiger partial charge is 0.403 e. The van der Waals surface area contributed by atoms with Crippen LogP contribution in [0.2, 0.25) is 0 Å². The van der Waals surface area contributed by atoms with Crippen LogP contribution in [0.1, 0.15) is 21.6 Å². The molecule has 0 aliphatic rings. The van der Waals surface area contributed by atoms with Crippen molar-refractivity contribution in [3.05, 3.63) is 23.0 Å². The maximum atomic E-state index is 12.7. The molecule has 10 heteroatoms. The number of halogens is 6. The lowest BCUT2D eigenvalue weighted by Gasteiger charge is -2.18. The molecule has 0 unspecified atom stereocenters. The summed E-state index contributed by atoms with van der Waals surface area (Å²) in [5.74, 6) is -1.55. The summed E-state index contributed by atoms with van der Waals surface area (Å²) in [5, 5.41) is 0. The molecule has 0 saturated carbocycles. The van der Waals surface area contributed by atoms with E-state index in [9.17, 15) is 31.1 Å². The van der Waals surface area contributed by atoms with Crippen molar-refractivity contribution in [3.8, 4) is 5.75 Å². The third kappa shape index (κ3) is 3.56. The Hall–Kier alpha value is -1.84. The third-order valence-corrected chi connectivity index (χ3v) is 2.00. The van der Waals surface area contributed by atoms with Crippen LogP contribution in [0.25, 0.3) is 0 Å². The van der Waals surface area contributed by atoms with Gasteiger partial charge >= 0.3 is 12.5 Å². The topological polar surface area (TPSA) is 65.2 Å². The summed E-state index contributed by atoms with van der Waals surface area (Å²) in [6.07, 6.45) is -10.3. The Bertz CT molecular complexity index is 483. The number of nitrogens with two attached hydrogens (primary N) is 1. The van der Waals surface area contributed by atoms with Gasteiger partial charge < -0.3 is 10.5 Å². The Kier molecular flexibility index (Phi) is 4.03. The van der Waals surface area contributed by atoms with E-state index in [1.165, 1.54) is 0 Å². The number of hydrogen-bond donors (Lipinski definition) is 1. The number of rotatable bonds is 3. The molecule has 0 saturated heterocycles. The van der Waals surface area contributed by atoms with Crippen molar-refractivity contribution in [1.82, 2.24) is 4.98 Å². The van der Waals surface area contributed by atoms with Crippen LogP contribution in [0, 0.1) is 0 Å². The van der Waals surface area contributed by atoms with Gasteiger partial charge in [0.05, 0.1) is 6.20 Å². The highest BCUT2D eigenvalue weighted by Gasteiger charge is 2.42. The Morgan fingerprint density at radius 3 is 2.21 bits per heavy atom. The average Bonchev–Trinajstić information content (AvgIpc) is 2.24. The van der Waals surface area contributed by atoms with Gasteiger partial charge in [-0.05, 0) is 0 Å². The first-order valence-electron chi connectivity index (χ1n) is 4.60. The number of aromatic nitrogens is 1. The van der Waals surface area contributed by atoms with E-state index < -0.39 is 41.7 Å². The van der Waals surface area contributed by atoms with Gasteiger partial charge in [-0.25, -0.2) is 4.98 Å². The number of alkyl halides is 6. The quantitative estimate of drug-likeness (QED) is 0.684. The van der Waals surface area contributed by atoms with Gasteiger partial charge in [0.2, 0.25) is 0 Å². The zero-order valence-electron chi connectivity index (χ0n) is 8.97. The van der Waals surface area contributed by atoms with Gasteiger partial charge in [0, 0.05) is 12.1 Å². The molecule has 0 radical (unpaired) electrons. The van der Waals surface area contributed by atoms with Crippen molar-refractivity contribution < 1.29 is 35.9 Å². The van der Waals surface area contributed by atoms with Gasteiger partial charge in [-0.3, -0.25) is 4.79 Å². The molecule has 0 bridgehead atoms. The van der Waals surface area contributed by atoms with Gasteiger partial charge in [-0.1, -0.05) is 0 Å². The van der Waals surface area contributed by atoms with Crippen molar-refractivity contribution in [2.45, 2.75) is 19.1 Å². The van der Waals surface area contributed by atoms with E-state index >= 15 is 0 Å². The summed E-state index contributed by atoms with van der Waals surface area (Å²) in [6, 6.07) is 0.